The van der Waals surface area contributed by atoms with Gasteiger partial charge in [0.05, 0.1) is 35.8 Å². The Morgan fingerprint density at radius 3 is 2.89 bits per heavy atom. The number of rotatable bonds is 4. The first-order valence-corrected chi connectivity index (χ1v) is 12.7. The minimum atomic E-state index is -0.823. The maximum absolute atomic E-state index is 13.3. The number of hydrogen-bond donors (Lipinski definition) is 4. The lowest BCUT2D eigenvalue weighted by Crippen LogP contribution is -2.45. The topological polar surface area (TPSA) is 130 Å². The van der Waals surface area contributed by atoms with Gasteiger partial charge in [-0.3, -0.25) is 9.89 Å². The van der Waals surface area contributed by atoms with E-state index in [0.29, 0.717) is 27.2 Å². The lowest BCUT2D eigenvalue weighted by Gasteiger charge is -2.35. The number of nitrogens with zero attached hydrogens (tertiary/aromatic N) is 4. The van der Waals surface area contributed by atoms with Gasteiger partial charge >= 0.3 is 0 Å². The third-order valence-electron chi connectivity index (χ3n) is 7.03. The fourth-order valence-electron chi connectivity index (χ4n) is 5.17. The van der Waals surface area contributed by atoms with Crippen molar-refractivity contribution in [3.63, 3.8) is 0 Å². The Labute approximate surface area is 215 Å². The Morgan fingerprint density at radius 1 is 1.19 bits per heavy atom. The number of amides is 1. The van der Waals surface area contributed by atoms with Crippen LogP contribution in [-0.4, -0.2) is 56.9 Å². The van der Waals surface area contributed by atoms with Crippen molar-refractivity contribution in [2.75, 3.05) is 18.1 Å². The predicted octanol–water partition coefficient (Wildman–Crippen LogP) is 3.53. The molecule has 0 radical (unpaired) electrons. The molecule has 0 bridgehead atoms. The zero-order valence-electron chi connectivity index (χ0n) is 19.3. The van der Waals surface area contributed by atoms with Crippen molar-refractivity contribution in [3.8, 4) is 0 Å². The average Bonchev–Trinajstić information content (AvgIpc) is 3.40. The van der Waals surface area contributed by atoms with Crippen LogP contribution >= 0.6 is 15.9 Å². The van der Waals surface area contributed by atoms with E-state index in [-0.39, 0.29) is 24.3 Å². The zero-order valence-corrected chi connectivity index (χ0v) is 20.9. The van der Waals surface area contributed by atoms with Crippen LogP contribution in [0.1, 0.15) is 30.4 Å². The number of amidine groups is 1. The predicted molar refractivity (Wildman–Crippen MR) is 142 cm³/mol. The molecule has 1 fully saturated rings. The molecule has 2 unspecified atom stereocenters. The largest absolute Gasteiger partial charge is 0.394 e. The molecular formula is C26H24BrN7O2. The molecule has 4 N–H and O–H groups in total. The highest BCUT2D eigenvalue weighted by Gasteiger charge is 2.39. The number of pyridine rings is 1. The molecule has 1 aliphatic carbocycles. The second kappa shape index (κ2) is 9.11. The number of aromatic amines is 1. The van der Waals surface area contributed by atoms with Crippen LogP contribution in [0.5, 0.6) is 0 Å². The summed E-state index contributed by atoms with van der Waals surface area (Å²) in [4.78, 5) is 24.7. The molecule has 36 heavy (non-hydrogen) atoms. The maximum atomic E-state index is 13.3. The first-order chi connectivity index (χ1) is 17.5. The number of hydrogen-bond acceptors (Lipinski definition) is 7. The zero-order chi connectivity index (χ0) is 24.8. The van der Waals surface area contributed by atoms with Gasteiger partial charge in [-0.2, -0.15) is 5.10 Å². The van der Waals surface area contributed by atoms with Crippen LogP contribution < -0.4 is 10.2 Å². The van der Waals surface area contributed by atoms with E-state index >= 15 is 0 Å². The number of aliphatic imine (C=N–C) groups is 1. The van der Waals surface area contributed by atoms with Crippen molar-refractivity contribution in [2.45, 2.75) is 25.3 Å². The Morgan fingerprint density at radius 2 is 2.08 bits per heavy atom. The highest BCUT2D eigenvalue weighted by molar-refractivity contribution is 9.11. The first-order valence-electron chi connectivity index (χ1n) is 11.9. The fraction of sp³-hybridized carbons (Fsp3) is 0.269. The third-order valence-corrected chi connectivity index (χ3v) is 7.67. The van der Waals surface area contributed by atoms with Gasteiger partial charge < -0.3 is 20.7 Å². The van der Waals surface area contributed by atoms with E-state index in [1.165, 1.54) is 0 Å². The van der Waals surface area contributed by atoms with Crippen LogP contribution in [0.25, 0.3) is 16.5 Å². The lowest BCUT2D eigenvalue weighted by molar-refractivity contribution is -0.121. The Hall–Kier alpha value is -3.63. The molecule has 9 nitrogen and oxygen atoms in total. The summed E-state index contributed by atoms with van der Waals surface area (Å²) in [6.07, 6.45) is 8.40. The fourth-order valence-corrected chi connectivity index (χ4v) is 5.72. The number of fused-ring (bicyclic) bond motifs is 2. The summed E-state index contributed by atoms with van der Waals surface area (Å²) in [7, 11) is 0. The summed E-state index contributed by atoms with van der Waals surface area (Å²) in [5, 5.41) is 29.4. The van der Waals surface area contributed by atoms with Crippen LogP contribution in [0.4, 0.5) is 5.82 Å². The quantitative estimate of drug-likeness (QED) is 0.398. The first kappa shape index (κ1) is 22.8. The molecule has 4 heterocycles. The van der Waals surface area contributed by atoms with Crippen LogP contribution in [0.2, 0.25) is 0 Å². The SMILES string of the molecule is N=C1C(c2cccc3[nH]ncc23)=CC(Br)=C2N=C(c3ccc(N4CCCCC4CO)nc3)NC(=O)C12. The van der Waals surface area contributed by atoms with Gasteiger partial charge in [0.2, 0.25) is 5.91 Å². The lowest BCUT2D eigenvalue weighted by atomic mass is 9.83. The average molecular weight is 546 g/mol. The molecule has 0 saturated carbocycles. The molecule has 2 aliphatic heterocycles. The van der Waals surface area contributed by atoms with Gasteiger partial charge in [0.15, 0.2) is 0 Å². The number of benzene rings is 1. The molecule has 1 amide bonds. The van der Waals surface area contributed by atoms with Crippen molar-refractivity contribution < 1.29 is 9.90 Å². The molecule has 1 saturated heterocycles. The molecule has 3 aliphatic rings. The van der Waals surface area contributed by atoms with E-state index in [4.69, 9.17) is 10.4 Å². The van der Waals surface area contributed by atoms with Crippen LogP contribution in [0, 0.1) is 11.3 Å². The van der Waals surface area contributed by atoms with Gasteiger partial charge in [0.1, 0.15) is 17.6 Å². The number of aliphatic hydroxyl groups is 1. The highest BCUT2D eigenvalue weighted by Crippen LogP contribution is 2.39. The maximum Gasteiger partial charge on any atom is 0.240 e. The number of aliphatic hydroxyl groups excluding tert-OH is 1. The van der Waals surface area contributed by atoms with E-state index in [9.17, 15) is 9.90 Å². The second-order valence-corrected chi connectivity index (χ2v) is 10.0. The number of piperidine rings is 1. The van der Waals surface area contributed by atoms with E-state index in [0.717, 1.165) is 48.1 Å². The molecule has 6 rings (SSSR count). The van der Waals surface area contributed by atoms with Crippen LogP contribution in [0.3, 0.4) is 0 Å². The van der Waals surface area contributed by atoms with Crippen molar-refractivity contribution in [1.82, 2.24) is 20.5 Å². The van der Waals surface area contributed by atoms with E-state index < -0.39 is 5.92 Å². The molecule has 3 aromatic rings. The van der Waals surface area contributed by atoms with Crippen molar-refractivity contribution in [1.29, 1.82) is 5.41 Å². The normalized spacial score (nSPS) is 22.3. The number of H-pyrrole nitrogens is 1. The minimum absolute atomic E-state index is 0.0767. The monoisotopic (exact) mass is 545 g/mol. The number of carbonyl (C=O) groups excluding carboxylic acids is 1. The molecule has 1 aromatic carbocycles. The molecule has 2 aromatic heterocycles. The van der Waals surface area contributed by atoms with Gasteiger partial charge in [-0.05, 0) is 65.0 Å². The number of nitrogens with one attached hydrogen (secondary N) is 3. The van der Waals surface area contributed by atoms with Crippen molar-refractivity contribution in [2.24, 2.45) is 10.9 Å². The molecule has 2 atom stereocenters. The van der Waals surface area contributed by atoms with Gasteiger partial charge in [-0.25, -0.2) is 9.98 Å². The number of carbonyl (C=O) groups is 1. The number of anilines is 1. The number of halogens is 1. The summed E-state index contributed by atoms with van der Waals surface area (Å²) < 4.78 is 0.662. The highest BCUT2D eigenvalue weighted by atomic mass is 79.9. The summed E-state index contributed by atoms with van der Waals surface area (Å²) in [5.41, 5.74) is 3.73. The molecule has 0 spiro atoms. The Kier molecular flexibility index (Phi) is 5.77. The standard InChI is InChI=1S/C26H24BrN7O2/c27-19-10-17(16-5-3-6-20-18(16)12-30-33-20)23(28)22-24(19)31-25(32-26(22)36)14-7-8-21(29-11-14)34-9-2-1-4-15(34)13-35/h3,5-8,10-12,15,22,28,35H,1-2,4,9,13H2,(H,30,33)(H,31,32,36). The Bertz CT molecular complexity index is 1470. The number of allylic oxidation sites excluding steroid dienone is 3. The van der Waals surface area contributed by atoms with E-state index in [1.807, 2.05) is 36.4 Å². The van der Waals surface area contributed by atoms with Gasteiger partial charge in [-0.1, -0.05) is 12.1 Å². The van der Waals surface area contributed by atoms with Gasteiger partial charge in [0.25, 0.3) is 0 Å². The molecule has 10 heteroatoms. The van der Waals surface area contributed by atoms with Crippen molar-refractivity contribution in [3.05, 3.63) is 70.1 Å². The minimum Gasteiger partial charge on any atom is -0.394 e. The molecular weight excluding hydrogens is 522 g/mol. The second-order valence-electron chi connectivity index (χ2n) is 9.15. The smallest absolute Gasteiger partial charge is 0.240 e. The third kappa shape index (κ3) is 3.77. The van der Waals surface area contributed by atoms with Crippen LogP contribution in [-0.2, 0) is 4.79 Å². The van der Waals surface area contributed by atoms with E-state index in [1.54, 1.807) is 12.4 Å². The van der Waals surface area contributed by atoms with E-state index in [2.05, 4.69) is 41.3 Å². The van der Waals surface area contributed by atoms with Gasteiger partial charge in [0, 0.05) is 33.7 Å². The Balaban J connectivity index is 1.35. The van der Waals surface area contributed by atoms with Gasteiger partial charge in [-0.15, -0.1) is 0 Å². The summed E-state index contributed by atoms with van der Waals surface area (Å²) in [5.74, 6) is 0.0821. The summed E-state index contributed by atoms with van der Waals surface area (Å²) in [6.45, 7) is 0.965. The number of aromatic nitrogens is 3. The van der Waals surface area contributed by atoms with Crippen LogP contribution in [0.15, 0.2) is 64.0 Å². The summed E-state index contributed by atoms with van der Waals surface area (Å²) in [6, 6.07) is 9.61. The van der Waals surface area contributed by atoms with Crippen molar-refractivity contribution >= 4 is 55.7 Å². The molecule has 182 valence electrons. The summed E-state index contributed by atoms with van der Waals surface area (Å²) >= 11 is 3.61.